The molecule has 1 amide bonds. The van der Waals surface area contributed by atoms with Gasteiger partial charge in [0, 0.05) is 11.1 Å². The number of furan rings is 2. The molecular formula is C11H12N2O3. The standard InChI is InChI=1S/C11H12N2O3/c12-10(14)5-13-11(8-1-3-15-6-8)9-2-4-16-7-9/h1-4,6-7,11,13H,5H2,(H2,12,14). The summed E-state index contributed by atoms with van der Waals surface area (Å²) in [4.78, 5) is 10.8. The van der Waals surface area contributed by atoms with Crippen LogP contribution in [-0.4, -0.2) is 12.5 Å². The molecule has 5 nitrogen and oxygen atoms in total. The minimum atomic E-state index is -0.406. The number of carbonyl (C=O) groups is 1. The lowest BCUT2D eigenvalue weighted by atomic mass is 10.0. The average molecular weight is 220 g/mol. The quantitative estimate of drug-likeness (QED) is 0.788. The summed E-state index contributed by atoms with van der Waals surface area (Å²) >= 11 is 0. The summed E-state index contributed by atoms with van der Waals surface area (Å²) in [6.45, 7) is 0.0982. The van der Waals surface area contributed by atoms with E-state index in [1.165, 1.54) is 0 Å². The van der Waals surface area contributed by atoms with Crippen molar-refractivity contribution in [1.29, 1.82) is 0 Å². The second-order valence-electron chi connectivity index (χ2n) is 3.39. The van der Waals surface area contributed by atoms with Crippen LogP contribution in [0.1, 0.15) is 17.2 Å². The third-order valence-electron chi connectivity index (χ3n) is 2.23. The second kappa shape index (κ2) is 4.67. The van der Waals surface area contributed by atoms with Crippen molar-refractivity contribution in [1.82, 2.24) is 5.32 Å². The fourth-order valence-electron chi connectivity index (χ4n) is 1.51. The molecule has 0 saturated heterocycles. The summed E-state index contributed by atoms with van der Waals surface area (Å²) in [5.41, 5.74) is 6.94. The number of primary amides is 1. The molecule has 0 aromatic carbocycles. The molecule has 0 spiro atoms. The van der Waals surface area contributed by atoms with E-state index in [0.29, 0.717) is 0 Å². The highest BCUT2D eigenvalue weighted by Crippen LogP contribution is 2.22. The molecule has 2 aromatic heterocycles. The Bertz CT molecular complexity index is 400. The van der Waals surface area contributed by atoms with Crippen LogP contribution in [0.5, 0.6) is 0 Å². The number of amides is 1. The van der Waals surface area contributed by atoms with Gasteiger partial charge in [-0.15, -0.1) is 0 Å². The van der Waals surface area contributed by atoms with Crippen molar-refractivity contribution < 1.29 is 13.6 Å². The van der Waals surface area contributed by atoms with E-state index in [0.717, 1.165) is 11.1 Å². The molecule has 0 aliphatic rings. The third kappa shape index (κ3) is 2.32. The summed E-state index contributed by atoms with van der Waals surface area (Å²) in [5, 5.41) is 3.03. The van der Waals surface area contributed by atoms with E-state index in [2.05, 4.69) is 5.32 Å². The van der Waals surface area contributed by atoms with Gasteiger partial charge in [0.15, 0.2) is 0 Å². The van der Waals surface area contributed by atoms with Gasteiger partial charge in [0.25, 0.3) is 0 Å². The summed E-state index contributed by atoms with van der Waals surface area (Å²) in [7, 11) is 0. The smallest absolute Gasteiger partial charge is 0.231 e. The molecule has 2 aromatic rings. The Morgan fingerprint density at radius 2 is 1.81 bits per heavy atom. The van der Waals surface area contributed by atoms with E-state index in [-0.39, 0.29) is 12.6 Å². The molecule has 0 radical (unpaired) electrons. The van der Waals surface area contributed by atoms with Crippen LogP contribution in [0.15, 0.2) is 46.0 Å². The number of hydrogen-bond acceptors (Lipinski definition) is 4. The van der Waals surface area contributed by atoms with E-state index in [9.17, 15) is 4.79 Å². The zero-order chi connectivity index (χ0) is 11.4. The van der Waals surface area contributed by atoms with E-state index < -0.39 is 5.91 Å². The van der Waals surface area contributed by atoms with Crippen molar-refractivity contribution in [3.63, 3.8) is 0 Å². The van der Waals surface area contributed by atoms with Gasteiger partial charge in [-0.3, -0.25) is 10.1 Å². The zero-order valence-electron chi connectivity index (χ0n) is 8.55. The lowest BCUT2D eigenvalue weighted by molar-refractivity contribution is -0.117. The van der Waals surface area contributed by atoms with Gasteiger partial charge in [-0.25, -0.2) is 0 Å². The molecule has 0 bridgehead atoms. The van der Waals surface area contributed by atoms with Crippen LogP contribution < -0.4 is 11.1 Å². The monoisotopic (exact) mass is 220 g/mol. The maximum Gasteiger partial charge on any atom is 0.231 e. The van der Waals surface area contributed by atoms with Crippen molar-refractivity contribution in [2.24, 2.45) is 5.73 Å². The van der Waals surface area contributed by atoms with Gasteiger partial charge < -0.3 is 14.6 Å². The summed E-state index contributed by atoms with van der Waals surface area (Å²) in [6.07, 6.45) is 6.39. The molecule has 0 saturated carbocycles. The van der Waals surface area contributed by atoms with Crippen LogP contribution in [0.4, 0.5) is 0 Å². The van der Waals surface area contributed by atoms with Crippen LogP contribution in [0, 0.1) is 0 Å². The SMILES string of the molecule is NC(=O)CNC(c1ccoc1)c1ccoc1. The summed E-state index contributed by atoms with van der Waals surface area (Å²) in [5.74, 6) is -0.406. The summed E-state index contributed by atoms with van der Waals surface area (Å²) in [6, 6.07) is 3.50. The molecule has 5 heteroatoms. The number of nitrogens with one attached hydrogen (secondary N) is 1. The number of carbonyl (C=O) groups excluding carboxylic acids is 1. The molecule has 0 unspecified atom stereocenters. The lowest BCUT2D eigenvalue weighted by Gasteiger charge is -2.14. The van der Waals surface area contributed by atoms with Crippen molar-refractivity contribution >= 4 is 5.91 Å². The van der Waals surface area contributed by atoms with Gasteiger partial charge in [-0.2, -0.15) is 0 Å². The minimum Gasteiger partial charge on any atom is -0.472 e. The van der Waals surface area contributed by atoms with Crippen molar-refractivity contribution in [3.05, 3.63) is 48.3 Å². The van der Waals surface area contributed by atoms with Gasteiger partial charge in [0.2, 0.25) is 5.91 Å². The first kappa shape index (κ1) is 10.5. The highest BCUT2D eigenvalue weighted by Gasteiger charge is 2.16. The molecule has 2 heterocycles. The first-order valence-electron chi connectivity index (χ1n) is 4.83. The van der Waals surface area contributed by atoms with Gasteiger partial charge in [-0.1, -0.05) is 0 Å². The molecule has 0 atom stereocenters. The summed E-state index contributed by atoms with van der Waals surface area (Å²) < 4.78 is 10.0. The lowest BCUT2D eigenvalue weighted by Crippen LogP contribution is -2.31. The fraction of sp³-hybridized carbons (Fsp3) is 0.182. The first-order valence-corrected chi connectivity index (χ1v) is 4.83. The van der Waals surface area contributed by atoms with E-state index in [1.54, 1.807) is 25.1 Å². The Morgan fingerprint density at radius 3 is 2.19 bits per heavy atom. The Hall–Kier alpha value is -2.01. The fourth-order valence-corrected chi connectivity index (χ4v) is 1.51. The van der Waals surface area contributed by atoms with Crippen LogP contribution in [-0.2, 0) is 4.79 Å². The van der Waals surface area contributed by atoms with Gasteiger partial charge in [0.05, 0.1) is 37.6 Å². The van der Waals surface area contributed by atoms with Crippen LogP contribution in [0.25, 0.3) is 0 Å². The highest BCUT2D eigenvalue weighted by molar-refractivity contribution is 5.76. The number of hydrogen-bond donors (Lipinski definition) is 2. The molecule has 0 aliphatic heterocycles. The Labute approximate surface area is 92.2 Å². The second-order valence-corrected chi connectivity index (χ2v) is 3.39. The van der Waals surface area contributed by atoms with Gasteiger partial charge in [-0.05, 0) is 12.1 Å². The Morgan fingerprint density at radius 1 is 1.25 bits per heavy atom. The highest BCUT2D eigenvalue weighted by atomic mass is 16.3. The van der Waals surface area contributed by atoms with Crippen molar-refractivity contribution in [2.75, 3.05) is 6.54 Å². The maximum absolute atomic E-state index is 10.8. The molecule has 3 N–H and O–H groups in total. The molecule has 0 fully saturated rings. The predicted octanol–water partition coefficient (Wildman–Crippen LogP) is 1.04. The van der Waals surface area contributed by atoms with Crippen LogP contribution >= 0.6 is 0 Å². The molecule has 0 aliphatic carbocycles. The van der Waals surface area contributed by atoms with E-state index in [4.69, 9.17) is 14.6 Å². The Balaban J connectivity index is 2.17. The topological polar surface area (TPSA) is 81.4 Å². The predicted molar refractivity (Wildman–Crippen MR) is 56.5 cm³/mol. The molecule has 84 valence electrons. The van der Waals surface area contributed by atoms with Crippen LogP contribution in [0.2, 0.25) is 0 Å². The third-order valence-corrected chi connectivity index (χ3v) is 2.23. The van der Waals surface area contributed by atoms with Gasteiger partial charge >= 0.3 is 0 Å². The zero-order valence-corrected chi connectivity index (χ0v) is 8.55. The average Bonchev–Trinajstić information content (AvgIpc) is 2.88. The van der Waals surface area contributed by atoms with Crippen molar-refractivity contribution in [2.45, 2.75) is 6.04 Å². The minimum absolute atomic E-state index is 0.0982. The normalized spacial score (nSPS) is 10.8. The molecule has 2 rings (SSSR count). The van der Waals surface area contributed by atoms with E-state index in [1.807, 2.05) is 12.1 Å². The first-order chi connectivity index (χ1) is 7.77. The molecular weight excluding hydrogens is 208 g/mol. The number of nitrogens with two attached hydrogens (primary N) is 1. The molecule has 16 heavy (non-hydrogen) atoms. The largest absolute Gasteiger partial charge is 0.472 e. The van der Waals surface area contributed by atoms with Crippen molar-refractivity contribution in [3.8, 4) is 0 Å². The maximum atomic E-state index is 10.8. The van der Waals surface area contributed by atoms with Gasteiger partial charge in [0.1, 0.15) is 0 Å². The number of rotatable bonds is 5. The van der Waals surface area contributed by atoms with E-state index >= 15 is 0 Å². The Kier molecular flexibility index (Phi) is 3.07. The van der Waals surface area contributed by atoms with Crippen LogP contribution in [0.3, 0.4) is 0 Å².